The number of guanidine groups is 1. The number of aliphatic imine (C=N–C) groups is 1. The summed E-state index contributed by atoms with van der Waals surface area (Å²) in [5.41, 5.74) is 1.57. The predicted octanol–water partition coefficient (Wildman–Crippen LogP) is 3.70. The Morgan fingerprint density at radius 1 is 1.03 bits per heavy atom. The van der Waals surface area contributed by atoms with Gasteiger partial charge < -0.3 is 10.6 Å². The Hall–Kier alpha value is -0.860. The number of benzene rings is 1. The van der Waals surface area contributed by atoms with Gasteiger partial charge in [-0.2, -0.15) is 0 Å². The third-order valence-electron chi connectivity index (χ3n) is 6.30. The number of hydrogen-bond acceptors (Lipinski definition) is 3. The van der Waals surface area contributed by atoms with Crippen LogP contribution in [0, 0.1) is 0 Å². The van der Waals surface area contributed by atoms with Crippen LogP contribution in [0.25, 0.3) is 0 Å². The minimum absolute atomic E-state index is 0. The number of nitrogens with zero attached hydrogens (tertiary/aromatic N) is 3. The van der Waals surface area contributed by atoms with Gasteiger partial charge >= 0.3 is 0 Å². The normalized spacial score (nSPS) is 20.2. The molecule has 0 unspecified atom stereocenters. The second kappa shape index (κ2) is 12.1. The van der Waals surface area contributed by atoms with Crippen molar-refractivity contribution in [3.8, 4) is 0 Å². The maximum atomic E-state index is 4.48. The zero-order valence-corrected chi connectivity index (χ0v) is 20.8. The van der Waals surface area contributed by atoms with Gasteiger partial charge in [0.2, 0.25) is 0 Å². The average molecular weight is 514 g/mol. The molecule has 2 aliphatic rings. The Morgan fingerprint density at radius 2 is 1.69 bits per heavy atom. The summed E-state index contributed by atoms with van der Waals surface area (Å²) in [5.74, 6) is 0.951. The van der Waals surface area contributed by atoms with Gasteiger partial charge in [0.05, 0.1) is 0 Å². The predicted molar refractivity (Wildman–Crippen MR) is 134 cm³/mol. The lowest BCUT2D eigenvalue weighted by atomic mass is 9.98. The quantitative estimate of drug-likeness (QED) is 0.346. The molecule has 164 valence electrons. The van der Waals surface area contributed by atoms with Gasteiger partial charge in [-0.1, -0.05) is 36.8 Å². The Balaban J connectivity index is 0.00000300. The first-order valence-corrected chi connectivity index (χ1v) is 11.1. The van der Waals surface area contributed by atoms with E-state index in [2.05, 4.69) is 69.6 Å². The van der Waals surface area contributed by atoms with Gasteiger partial charge in [0.1, 0.15) is 0 Å². The average Bonchev–Trinajstić information content (AvgIpc) is 2.74. The van der Waals surface area contributed by atoms with Crippen LogP contribution < -0.4 is 10.6 Å². The van der Waals surface area contributed by atoms with Crippen LogP contribution in [0.2, 0.25) is 0 Å². The standard InChI is InChI=1S/C23H39N5.HI/c1-23(2,28-14-8-5-9-15-28)19-25-22(24-3)26-21-12-16-27(17-13-21)18-20-10-6-4-7-11-20;/h4,6-7,10-11,21H,5,8-9,12-19H2,1-3H3,(H2,24,25,26);1H. The van der Waals surface area contributed by atoms with Gasteiger partial charge in [-0.15, -0.1) is 24.0 Å². The smallest absolute Gasteiger partial charge is 0.191 e. The first kappa shape index (κ1) is 24.4. The Labute approximate surface area is 194 Å². The van der Waals surface area contributed by atoms with Gasteiger partial charge in [-0.3, -0.25) is 14.8 Å². The molecule has 0 radical (unpaired) electrons. The van der Waals surface area contributed by atoms with Crippen molar-refractivity contribution in [2.75, 3.05) is 39.8 Å². The van der Waals surface area contributed by atoms with Crippen LogP contribution in [0.5, 0.6) is 0 Å². The molecule has 0 bridgehead atoms. The summed E-state index contributed by atoms with van der Waals surface area (Å²) >= 11 is 0. The lowest BCUT2D eigenvalue weighted by Crippen LogP contribution is -2.56. The molecule has 2 saturated heterocycles. The summed E-state index contributed by atoms with van der Waals surface area (Å²) in [6.45, 7) is 11.4. The van der Waals surface area contributed by atoms with E-state index in [1.54, 1.807) is 0 Å². The summed E-state index contributed by atoms with van der Waals surface area (Å²) in [5, 5.41) is 7.25. The number of likely N-dealkylation sites (tertiary alicyclic amines) is 2. The molecule has 2 aliphatic heterocycles. The van der Waals surface area contributed by atoms with Crippen LogP contribution in [0.1, 0.15) is 51.5 Å². The lowest BCUT2D eigenvalue weighted by molar-refractivity contribution is 0.0981. The van der Waals surface area contributed by atoms with Crippen molar-refractivity contribution in [1.29, 1.82) is 0 Å². The van der Waals surface area contributed by atoms with E-state index in [0.29, 0.717) is 6.04 Å². The van der Waals surface area contributed by atoms with E-state index in [9.17, 15) is 0 Å². The SMILES string of the molecule is CN=C(NCC(C)(C)N1CCCCC1)NC1CCN(Cc2ccccc2)CC1.I. The van der Waals surface area contributed by atoms with Gasteiger partial charge in [-0.05, 0) is 58.2 Å². The maximum Gasteiger partial charge on any atom is 0.191 e. The van der Waals surface area contributed by atoms with Crippen molar-refractivity contribution in [2.24, 2.45) is 4.99 Å². The molecule has 3 rings (SSSR count). The summed E-state index contributed by atoms with van der Waals surface area (Å²) in [4.78, 5) is 9.66. The third-order valence-corrected chi connectivity index (χ3v) is 6.30. The van der Waals surface area contributed by atoms with Crippen LogP contribution in [-0.2, 0) is 6.54 Å². The van der Waals surface area contributed by atoms with E-state index in [0.717, 1.165) is 32.1 Å². The van der Waals surface area contributed by atoms with Crippen molar-refractivity contribution < 1.29 is 0 Å². The highest BCUT2D eigenvalue weighted by Crippen LogP contribution is 2.20. The first-order valence-electron chi connectivity index (χ1n) is 11.1. The largest absolute Gasteiger partial charge is 0.355 e. The van der Waals surface area contributed by atoms with Gasteiger partial charge in [0.15, 0.2) is 5.96 Å². The molecule has 5 nitrogen and oxygen atoms in total. The fourth-order valence-electron chi connectivity index (χ4n) is 4.38. The Morgan fingerprint density at radius 3 is 2.31 bits per heavy atom. The van der Waals surface area contributed by atoms with Gasteiger partial charge in [0, 0.05) is 44.8 Å². The van der Waals surface area contributed by atoms with Gasteiger partial charge in [0.25, 0.3) is 0 Å². The molecule has 2 fully saturated rings. The molecule has 0 aromatic heterocycles. The molecular weight excluding hydrogens is 473 g/mol. The molecule has 0 saturated carbocycles. The molecule has 0 spiro atoms. The topological polar surface area (TPSA) is 42.9 Å². The summed E-state index contributed by atoms with van der Waals surface area (Å²) in [7, 11) is 1.88. The van der Waals surface area contributed by atoms with Crippen LogP contribution in [0.15, 0.2) is 35.3 Å². The summed E-state index contributed by atoms with van der Waals surface area (Å²) < 4.78 is 0. The van der Waals surface area contributed by atoms with E-state index >= 15 is 0 Å². The van der Waals surface area contributed by atoms with Crippen LogP contribution >= 0.6 is 24.0 Å². The Bertz CT molecular complexity index is 605. The highest BCUT2D eigenvalue weighted by molar-refractivity contribution is 14.0. The molecule has 29 heavy (non-hydrogen) atoms. The molecule has 2 N–H and O–H groups in total. The van der Waals surface area contributed by atoms with Crippen molar-refractivity contribution in [2.45, 2.75) is 64.1 Å². The van der Waals surface area contributed by atoms with E-state index in [4.69, 9.17) is 0 Å². The summed E-state index contributed by atoms with van der Waals surface area (Å²) in [6.07, 6.45) is 6.38. The van der Waals surface area contributed by atoms with Crippen molar-refractivity contribution >= 4 is 29.9 Å². The second-order valence-corrected chi connectivity index (χ2v) is 8.97. The van der Waals surface area contributed by atoms with Crippen molar-refractivity contribution in [1.82, 2.24) is 20.4 Å². The van der Waals surface area contributed by atoms with Crippen molar-refractivity contribution in [3.63, 3.8) is 0 Å². The Kier molecular flexibility index (Phi) is 10.2. The number of piperidine rings is 2. The minimum atomic E-state index is 0. The molecule has 2 heterocycles. The lowest BCUT2D eigenvalue weighted by Gasteiger charge is -2.41. The van der Waals surface area contributed by atoms with Crippen LogP contribution in [0.4, 0.5) is 0 Å². The number of hydrogen-bond donors (Lipinski definition) is 2. The molecule has 0 amide bonds. The van der Waals surface area contributed by atoms with E-state index in [-0.39, 0.29) is 29.5 Å². The van der Waals surface area contributed by atoms with Gasteiger partial charge in [-0.25, -0.2) is 0 Å². The molecule has 0 atom stereocenters. The number of rotatable bonds is 6. The second-order valence-electron chi connectivity index (χ2n) is 8.97. The third kappa shape index (κ3) is 7.72. The number of halogens is 1. The first-order chi connectivity index (χ1) is 13.6. The fraction of sp³-hybridized carbons (Fsp3) is 0.696. The van der Waals surface area contributed by atoms with Crippen LogP contribution in [0.3, 0.4) is 0 Å². The zero-order valence-electron chi connectivity index (χ0n) is 18.5. The molecule has 0 aliphatic carbocycles. The minimum Gasteiger partial charge on any atom is -0.355 e. The monoisotopic (exact) mass is 513 g/mol. The number of nitrogens with one attached hydrogen (secondary N) is 2. The van der Waals surface area contributed by atoms with Crippen LogP contribution in [-0.4, -0.2) is 67.1 Å². The maximum absolute atomic E-state index is 4.48. The van der Waals surface area contributed by atoms with Crippen molar-refractivity contribution in [3.05, 3.63) is 35.9 Å². The zero-order chi connectivity index (χ0) is 19.8. The summed E-state index contributed by atoms with van der Waals surface area (Å²) in [6, 6.07) is 11.3. The molecule has 1 aromatic rings. The molecule has 1 aromatic carbocycles. The fourth-order valence-corrected chi connectivity index (χ4v) is 4.38. The highest BCUT2D eigenvalue weighted by atomic mass is 127. The van der Waals surface area contributed by atoms with E-state index < -0.39 is 0 Å². The van der Waals surface area contributed by atoms with E-state index in [1.165, 1.54) is 50.8 Å². The molecule has 6 heteroatoms. The highest BCUT2D eigenvalue weighted by Gasteiger charge is 2.28. The van der Waals surface area contributed by atoms with E-state index in [1.807, 2.05) is 7.05 Å². The molecular formula is C23H40IN5.